The van der Waals surface area contributed by atoms with E-state index in [0.717, 1.165) is 25.1 Å². The van der Waals surface area contributed by atoms with Crippen molar-refractivity contribution in [3.63, 3.8) is 0 Å². The van der Waals surface area contributed by atoms with Crippen molar-refractivity contribution >= 4 is 11.6 Å². The second-order valence-electron chi connectivity index (χ2n) is 7.42. The van der Waals surface area contributed by atoms with Crippen molar-refractivity contribution in [2.24, 2.45) is 5.92 Å². The summed E-state index contributed by atoms with van der Waals surface area (Å²) >= 11 is 0. The Balaban J connectivity index is 1.51. The number of rotatable bonds is 12. The predicted molar refractivity (Wildman–Crippen MR) is 106 cm³/mol. The summed E-state index contributed by atoms with van der Waals surface area (Å²) in [6.45, 7) is 3.18. The molecule has 1 heterocycles. The second-order valence-corrected chi connectivity index (χ2v) is 7.42. The molecule has 1 aromatic rings. The van der Waals surface area contributed by atoms with Gasteiger partial charge in [0.05, 0.1) is 5.69 Å². The molecule has 1 aliphatic heterocycles. The molecule has 0 saturated carbocycles. The number of hydrogen-bond donors (Lipinski definition) is 1. The molecule has 1 fully saturated rings. The lowest BCUT2D eigenvalue weighted by atomic mass is 9.95. The van der Waals surface area contributed by atoms with Crippen molar-refractivity contribution in [1.29, 1.82) is 0 Å². The Morgan fingerprint density at radius 3 is 2.12 bits per heavy atom. The van der Waals surface area contributed by atoms with Crippen LogP contribution in [0.1, 0.15) is 84.0 Å². The molecular weight excluding hydrogens is 308 g/mol. The lowest BCUT2D eigenvalue weighted by Gasteiger charge is -2.33. The number of para-hydroxylation sites is 1. The van der Waals surface area contributed by atoms with Gasteiger partial charge in [0.1, 0.15) is 0 Å². The second kappa shape index (κ2) is 11.9. The Kier molecular flexibility index (Phi) is 9.46. The summed E-state index contributed by atoms with van der Waals surface area (Å²) in [6.07, 6.45) is 15.5. The molecule has 140 valence electrons. The van der Waals surface area contributed by atoms with Gasteiger partial charge >= 0.3 is 0 Å². The van der Waals surface area contributed by atoms with Crippen LogP contribution in [0.2, 0.25) is 0 Å². The number of carbonyl (C=O) groups excluding carboxylic acids is 1. The van der Waals surface area contributed by atoms with Crippen LogP contribution in [-0.4, -0.2) is 12.5 Å². The zero-order valence-electron chi connectivity index (χ0n) is 16.0. The summed E-state index contributed by atoms with van der Waals surface area (Å²) in [4.78, 5) is 12.3. The highest BCUT2D eigenvalue weighted by Crippen LogP contribution is 2.22. The molecule has 0 bridgehead atoms. The van der Waals surface area contributed by atoms with E-state index in [1.807, 2.05) is 35.3 Å². The van der Waals surface area contributed by atoms with Gasteiger partial charge in [-0.15, -0.1) is 0 Å². The largest absolute Gasteiger partial charge is 0.286 e. The minimum atomic E-state index is 0.200. The molecule has 1 unspecified atom stereocenters. The van der Waals surface area contributed by atoms with Gasteiger partial charge in [0, 0.05) is 12.5 Å². The van der Waals surface area contributed by atoms with E-state index >= 15 is 0 Å². The quantitative estimate of drug-likeness (QED) is 0.482. The van der Waals surface area contributed by atoms with E-state index in [2.05, 4.69) is 12.3 Å². The van der Waals surface area contributed by atoms with Gasteiger partial charge in [0.2, 0.25) is 5.91 Å². The molecular formula is C22H36N2O. The molecule has 1 amide bonds. The van der Waals surface area contributed by atoms with Crippen LogP contribution in [0.15, 0.2) is 30.3 Å². The zero-order valence-corrected chi connectivity index (χ0v) is 16.0. The van der Waals surface area contributed by atoms with Crippen LogP contribution in [0.4, 0.5) is 5.69 Å². The third-order valence-electron chi connectivity index (χ3n) is 5.29. The number of nitrogens with zero attached hydrogens (tertiary/aromatic N) is 1. The molecule has 25 heavy (non-hydrogen) atoms. The Morgan fingerprint density at radius 2 is 1.52 bits per heavy atom. The zero-order chi connectivity index (χ0) is 17.7. The molecule has 0 spiro atoms. The van der Waals surface area contributed by atoms with Gasteiger partial charge in [-0.05, 0) is 25.0 Å². The van der Waals surface area contributed by atoms with Crippen LogP contribution >= 0.6 is 0 Å². The minimum absolute atomic E-state index is 0.200. The van der Waals surface area contributed by atoms with Gasteiger partial charge in [-0.3, -0.25) is 15.2 Å². The topological polar surface area (TPSA) is 32.3 Å². The summed E-state index contributed by atoms with van der Waals surface area (Å²) in [5.41, 5.74) is 4.14. The normalized spacial score (nSPS) is 17.6. The predicted octanol–water partition coefficient (Wildman–Crippen LogP) is 5.86. The summed E-state index contributed by atoms with van der Waals surface area (Å²) in [5.74, 6) is 0.403. The molecule has 0 radical (unpaired) electrons. The Hall–Kier alpha value is -1.51. The average molecular weight is 345 g/mol. The van der Waals surface area contributed by atoms with E-state index in [-0.39, 0.29) is 11.8 Å². The van der Waals surface area contributed by atoms with E-state index in [1.165, 1.54) is 64.2 Å². The molecule has 1 saturated heterocycles. The number of anilines is 1. The summed E-state index contributed by atoms with van der Waals surface area (Å²) in [5, 5.41) is 1.98. The molecule has 1 atom stereocenters. The fourth-order valence-electron chi connectivity index (χ4n) is 3.65. The smallest absolute Gasteiger partial charge is 0.241 e. The van der Waals surface area contributed by atoms with Crippen molar-refractivity contribution < 1.29 is 4.79 Å². The van der Waals surface area contributed by atoms with Crippen molar-refractivity contribution in [1.82, 2.24) is 5.43 Å². The number of hydrogen-bond acceptors (Lipinski definition) is 2. The Labute approximate surface area is 154 Å². The number of benzene rings is 1. The molecule has 3 nitrogen and oxygen atoms in total. The Morgan fingerprint density at radius 1 is 0.920 bits per heavy atom. The number of amides is 1. The molecule has 1 N–H and O–H groups in total. The van der Waals surface area contributed by atoms with Crippen LogP contribution in [0.3, 0.4) is 0 Å². The fraction of sp³-hybridized carbons (Fsp3) is 0.682. The van der Waals surface area contributed by atoms with E-state index in [0.29, 0.717) is 0 Å². The summed E-state index contributed by atoms with van der Waals surface area (Å²) in [7, 11) is 0. The van der Waals surface area contributed by atoms with E-state index in [4.69, 9.17) is 0 Å². The van der Waals surface area contributed by atoms with Crippen molar-refractivity contribution in [3.8, 4) is 0 Å². The molecule has 3 heteroatoms. The van der Waals surface area contributed by atoms with E-state index in [1.54, 1.807) is 0 Å². The monoisotopic (exact) mass is 344 g/mol. The van der Waals surface area contributed by atoms with E-state index < -0.39 is 0 Å². The highest BCUT2D eigenvalue weighted by molar-refractivity contribution is 5.81. The van der Waals surface area contributed by atoms with Crippen molar-refractivity contribution in [3.05, 3.63) is 30.3 Å². The first-order valence-electron chi connectivity index (χ1n) is 10.4. The number of unbranched alkanes of at least 4 members (excludes halogenated alkanes) is 9. The van der Waals surface area contributed by atoms with Gasteiger partial charge in [-0.1, -0.05) is 89.3 Å². The van der Waals surface area contributed by atoms with Gasteiger partial charge in [0.15, 0.2) is 0 Å². The molecule has 0 aromatic heterocycles. The molecule has 2 rings (SSSR count). The van der Waals surface area contributed by atoms with Gasteiger partial charge in [0.25, 0.3) is 0 Å². The third kappa shape index (κ3) is 7.50. The van der Waals surface area contributed by atoms with Crippen molar-refractivity contribution in [2.75, 3.05) is 11.6 Å². The maximum absolute atomic E-state index is 12.3. The van der Waals surface area contributed by atoms with Crippen molar-refractivity contribution in [2.45, 2.75) is 84.0 Å². The highest BCUT2D eigenvalue weighted by Gasteiger charge is 2.26. The van der Waals surface area contributed by atoms with Crippen LogP contribution < -0.4 is 10.4 Å². The molecule has 0 aliphatic carbocycles. The molecule has 1 aliphatic rings. The Bertz CT molecular complexity index is 474. The first kappa shape index (κ1) is 19.8. The van der Waals surface area contributed by atoms with Crippen LogP contribution in [-0.2, 0) is 4.79 Å². The third-order valence-corrected chi connectivity index (χ3v) is 5.29. The minimum Gasteiger partial charge on any atom is -0.286 e. The van der Waals surface area contributed by atoms with Crippen LogP contribution in [0.5, 0.6) is 0 Å². The van der Waals surface area contributed by atoms with Gasteiger partial charge in [-0.2, -0.15) is 0 Å². The molecule has 1 aromatic carbocycles. The lowest BCUT2D eigenvalue weighted by molar-refractivity contribution is -0.126. The lowest BCUT2D eigenvalue weighted by Crippen LogP contribution is -2.51. The van der Waals surface area contributed by atoms with E-state index in [9.17, 15) is 4.79 Å². The highest BCUT2D eigenvalue weighted by atomic mass is 16.2. The van der Waals surface area contributed by atoms with Crippen LogP contribution in [0, 0.1) is 5.92 Å². The maximum Gasteiger partial charge on any atom is 0.241 e. The number of nitrogens with one attached hydrogen (secondary N) is 1. The maximum atomic E-state index is 12.3. The average Bonchev–Trinajstić information content (AvgIpc) is 2.65. The first-order chi connectivity index (χ1) is 12.3. The fourth-order valence-corrected chi connectivity index (χ4v) is 3.65. The SMILES string of the molecule is CCCCCCCCCCCCC1CCN(c2ccccc2)NC1=O. The summed E-state index contributed by atoms with van der Waals surface area (Å²) in [6, 6.07) is 10.1. The van der Waals surface area contributed by atoms with Gasteiger partial charge in [-0.25, -0.2) is 0 Å². The van der Waals surface area contributed by atoms with Gasteiger partial charge < -0.3 is 0 Å². The first-order valence-corrected chi connectivity index (χ1v) is 10.4. The number of carbonyl (C=O) groups is 1. The summed E-state index contributed by atoms with van der Waals surface area (Å²) < 4.78 is 0. The number of hydrazine groups is 1. The standard InChI is InChI=1S/C22H36N2O/c1-2-3-4-5-6-7-8-9-10-12-15-20-18-19-24(23-22(20)25)21-16-13-11-14-17-21/h11,13-14,16-17,20H,2-10,12,15,18-19H2,1H3,(H,23,25). The van der Waals surface area contributed by atoms with Crippen LogP contribution in [0.25, 0.3) is 0 Å².